The van der Waals surface area contributed by atoms with Crippen molar-refractivity contribution in [2.45, 2.75) is 45.3 Å². The van der Waals surface area contributed by atoms with E-state index in [4.69, 9.17) is 4.74 Å². The highest BCUT2D eigenvalue weighted by Crippen LogP contribution is 2.15. The van der Waals surface area contributed by atoms with E-state index in [1.165, 1.54) is 5.56 Å². The Bertz CT molecular complexity index is 590. The highest BCUT2D eigenvalue weighted by atomic mass is 127. The number of nitrogens with one attached hydrogen (secondary N) is 2. The number of halogens is 1. The van der Waals surface area contributed by atoms with E-state index >= 15 is 0 Å². The first-order chi connectivity index (χ1) is 13.4. The van der Waals surface area contributed by atoms with Crippen molar-refractivity contribution in [3.8, 4) is 0 Å². The molecule has 0 radical (unpaired) electrons. The van der Waals surface area contributed by atoms with Gasteiger partial charge in [-0.15, -0.1) is 24.0 Å². The van der Waals surface area contributed by atoms with Gasteiger partial charge in [0.2, 0.25) is 0 Å². The molecule has 29 heavy (non-hydrogen) atoms. The Hall–Kier alpha value is -0.900. The van der Waals surface area contributed by atoms with E-state index in [9.17, 15) is 0 Å². The van der Waals surface area contributed by atoms with Gasteiger partial charge in [0, 0.05) is 51.4 Å². The molecule has 7 heteroatoms. The maximum absolute atomic E-state index is 5.47. The van der Waals surface area contributed by atoms with Gasteiger partial charge < -0.3 is 15.4 Å². The lowest BCUT2D eigenvalue weighted by atomic mass is 10.0. The van der Waals surface area contributed by atoms with E-state index < -0.39 is 0 Å². The number of hydrogen-bond donors (Lipinski definition) is 2. The molecule has 0 saturated carbocycles. The lowest BCUT2D eigenvalue weighted by Gasteiger charge is -2.41. The molecule has 0 amide bonds. The number of rotatable bonds is 9. The van der Waals surface area contributed by atoms with E-state index in [-0.39, 0.29) is 29.5 Å². The minimum absolute atomic E-state index is 0. The van der Waals surface area contributed by atoms with Gasteiger partial charge in [-0.2, -0.15) is 0 Å². The van der Waals surface area contributed by atoms with Gasteiger partial charge in [-0.3, -0.25) is 14.8 Å². The molecule has 166 valence electrons. The molecule has 2 N–H and O–H groups in total. The second-order valence-corrected chi connectivity index (χ2v) is 8.30. The summed E-state index contributed by atoms with van der Waals surface area (Å²) in [4.78, 5) is 9.26. The maximum atomic E-state index is 5.47. The van der Waals surface area contributed by atoms with Crippen molar-refractivity contribution >= 4 is 29.9 Å². The second kappa shape index (κ2) is 13.4. The molecule has 2 rings (SSSR count). The predicted molar refractivity (Wildman–Crippen MR) is 133 cm³/mol. The van der Waals surface area contributed by atoms with E-state index in [0.29, 0.717) is 6.04 Å². The van der Waals surface area contributed by atoms with Crippen LogP contribution in [0.25, 0.3) is 0 Å². The molecule has 0 bridgehead atoms. The molecule has 1 aliphatic rings. The van der Waals surface area contributed by atoms with Crippen LogP contribution >= 0.6 is 24.0 Å². The smallest absolute Gasteiger partial charge is 0.191 e. The topological polar surface area (TPSA) is 52.1 Å². The van der Waals surface area contributed by atoms with Gasteiger partial charge in [0.05, 0.1) is 13.2 Å². The lowest BCUT2D eigenvalue weighted by molar-refractivity contribution is -0.00834. The van der Waals surface area contributed by atoms with Gasteiger partial charge in [0.15, 0.2) is 5.96 Å². The summed E-state index contributed by atoms with van der Waals surface area (Å²) in [6.45, 7) is 13.2. The zero-order chi connectivity index (χ0) is 20.4. The van der Waals surface area contributed by atoms with Gasteiger partial charge in [-0.25, -0.2) is 0 Å². The minimum Gasteiger partial charge on any atom is -0.379 e. The molecule has 6 nitrogen and oxygen atoms in total. The highest BCUT2D eigenvalue weighted by molar-refractivity contribution is 14.0. The number of ether oxygens (including phenoxy) is 1. The average molecular weight is 518 g/mol. The molecule has 1 atom stereocenters. The van der Waals surface area contributed by atoms with E-state index in [2.05, 4.69) is 83.6 Å². The van der Waals surface area contributed by atoms with Gasteiger partial charge in [-0.05, 0) is 39.8 Å². The third-order valence-corrected chi connectivity index (χ3v) is 5.66. The maximum Gasteiger partial charge on any atom is 0.191 e. The third kappa shape index (κ3) is 9.19. The minimum atomic E-state index is 0. The highest BCUT2D eigenvalue weighted by Gasteiger charge is 2.28. The van der Waals surface area contributed by atoms with Crippen LogP contribution < -0.4 is 10.6 Å². The SMILES string of the molecule is CN=C(NCCC(C)N(C)Cc1ccccc1)NCC(C)(C)N1CCOCC1.I. The first-order valence-electron chi connectivity index (χ1n) is 10.4. The van der Waals surface area contributed by atoms with Crippen LogP contribution in [0.2, 0.25) is 0 Å². The summed E-state index contributed by atoms with van der Waals surface area (Å²) < 4.78 is 5.47. The number of benzene rings is 1. The zero-order valence-electron chi connectivity index (χ0n) is 18.8. The number of morpholine rings is 1. The molecule has 1 aromatic carbocycles. The average Bonchev–Trinajstić information content (AvgIpc) is 2.71. The Morgan fingerprint density at radius 3 is 2.48 bits per heavy atom. The molecule has 1 unspecified atom stereocenters. The quantitative estimate of drug-likeness (QED) is 0.300. The summed E-state index contributed by atoms with van der Waals surface area (Å²) in [7, 11) is 4.03. The summed E-state index contributed by atoms with van der Waals surface area (Å²) in [6.07, 6.45) is 1.07. The normalized spacial score (nSPS) is 17.0. The molecular weight excluding hydrogens is 477 g/mol. The van der Waals surface area contributed by atoms with Crippen LogP contribution in [0.1, 0.15) is 32.8 Å². The summed E-state index contributed by atoms with van der Waals surface area (Å²) in [5, 5.41) is 6.96. The fraction of sp³-hybridized carbons (Fsp3) is 0.682. The predicted octanol–water partition coefficient (Wildman–Crippen LogP) is 2.79. The van der Waals surface area contributed by atoms with E-state index in [1.54, 1.807) is 0 Å². The first-order valence-corrected chi connectivity index (χ1v) is 10.4. The molecule has 1 aliphatic heterocycles. The molecule has 0 aromatic heterocycles. The summed E-state index contributed by atoms with van der Waals surface area (Å²) >= 11 is 0. The van der Waals surface area contributed by atoms with Crippen molar-refractivity contribution in [1.82, 2.24) is 20.4 Å². The number of guanidine groups is 1. The number of aliphatic imine (C=N–C) groups is 1. The van der Waals surface area contributed by atoms with Gasteiger partial charge >= 0.3 is 0 Å². The lowest BCUT2D eigenvalue weighted by Crippen LogP contribution is -2.56. The van der Waals surface area contributed by atoms with E-state index in [1.807, 2.05) is 7.05 Å². The Kier molecular flexibility index (Phi) is 12.1. The molecule has 0 aliphatic carbocycles. The van der Waals surface area contributed by atoms with Gasteiger partial charge in [0.1, 0.15) is 0 Å². The standard InChI is InChI=1S/C22H39N5O.HI/c1-19(26(5)17-20-9-7-6-8-10-20)11-12-24-21(23-4)25-18-22(2,3)27-13-15-28-16-14-27;/h6-10,19H,11-18H2,1-5H3,(H2,23,24,25);1H. The summed E-state index contributed by atoms with van der Waals surface area (Å²) in [6, 6.07) is 11.1. The van der Waals surface area contributed by atoms with Crippen molar-refractivity contribution in [2.24, 2.45) is 4.99 Å². The third-order valence-electron chi connectivity index (χ3n) is 5.66. The molecule has 1 saturated heterocycles. The van der Waals surface area contributed by atoms with Crippen LogP contribution in [0.4, 0.5) is 0 Å². The molecule has 1 fully saturated rings. The molecular formula is C22H40IN5O. The fourth-order valence-corrected chi connectivity index (χ4v) is 3.45. The largest absolute Gasteiger partial charge is 0.379 e. The first kappa shape index (κ1) is 26.1. The fourth-order valence-electron chi connectivity index (χ4n) is 3.45. The van der Waals surface area contributed by atoms with Crippen molar-refractivity contribution in [3.63, 3.8) is 0 Å². The van der Waals surface area contributed by atoms with E-state index in [0.717, 1.165) is 58.3 Å². The Morgan fingerprint density at radius 2 is 1.86 bits per heavy atom. The van der Waals surface area contributed by atoms with Gasteiger partial charge in [-0.1, -0.05) is 30.3 Å². The van der Waals surface area contributed by atoms with Crippen LogP contribution in [0.3, 0.4) is 0 Å². The summed E-state index contributed by atoms with van der Waals surface area (Å²) in [5.41, 5.74) is 1.43. The monoisotopic (exact) mass is 517 g/mol. The van der Waals surface area contributed by atoms with Crippen LogP contribution in [-0.4, -0.2) is 80.8 Å². The van der Waals surface area contributed by atoms with Crippen LogP contribution in [-0.2, 0) is 11.3 Å². The molecule has 1 heterocycles. The number of hydrogen-bond acceptors (Lipinski definition) is 4. The van der Waals surface area contributed by atoms with Crippen molar-refractivity contribution in [1.29, 1.82) is 0 Å². The zero-order valence-corrected chi connectivity index (χ0v) is 21.1. The van der Waals surface area contributed by atoms with Crippen molar-refractivity contribution in [2.75, 3.05) is 53.5 Å². The van der Waals surface area contributed by atoms with Crippen LogP contribution in [0.15, 0.2) is 35.3 Å². The Morgan fingerprint density at radius 1 is 1.21 bits per heavy atom. The van der Waals surface area contributed by atoms with Crippen molar-refractivity contribution < 1.29 is 4.74 Å². The van der Waals surface area contributed by atoms with Gasteiger partial charge in [0.25, 0.3) is 0 Å². The number of nitrogens with zero attached hydrogens (tertiary/aromatic N) is 3. The molecule has 1 aromatic rings. The molecule has 0 spiro atoms. The summed E-state index contributed by atoms with van der Waals surface area (Å²) in [5.74, 6) is 0.874. The van der Waals surface area contributed by atoms with Crippen LogP contribution in [0.5, 0.6) is 0 Å². The second-order valence-electron chi connectivity index (χ2n) is 8.30. The Balaban J connectivity index is 0.00000420. The van der Waals surface area contributed by atoms with Crippen LogP contribution in [0, 0.1) is 0 Å². The Labute approximate surface area is 194 Å². The van der Waals surface area contributed by atoms with Crippen molar-refractivity contribution in [3.05, 3.63) is 35.9 Å².